The van der Waals surface area contributed by atoms with E-state index in [-0.39, 0.29) is 0 Å². The first-order valence-electron chi connectivity index (χ1n) is 3.70. The maximum Gasteiger partial charge on any atom is 0.0209 e. The number of allylic oxidation sites excluding steroid dienone is 1. The summed E-state index contributed by atoms with van der Waals surface area (Å²) in [6.45, 7) is 11.2. The number of likely N-dealkylation sites (tertiary alicyclic amines) is 1. The summed E-state index contributed by atoms with van der Waals surface area (Å²) in [5.41, 5.74) is 2.53. The minimum atomic E-state index is 0.485. The molecule has 0 aromatic heterocycles. The molecule has 1 fully saturated rings. The van der Waals surface area contributed by atoms with Crippen molar-refractivity contribution in [3.8, 4) is 0 Å². The van der Waals surface area contributed by atoms with Gasteiger partial charge in [0.1, 0.15) is 0 Å². The Bertz CT molecular complexity index is 170. The van der Waals surface area contributed by atoms with E-state index in [1.165, 1.54) is 11.3 Å². The summed E-state index contributed by atoms with van der Waals surface area (Å²) in [6.07, 6.45) is 1.12. The van der Waals surface area contributed by atoms with Crippen molar-refractivity contribution in [1.29, 1.82) is 0 Å². The molecule has 0 bridgehead atoms. The molecule has 1 heterocycles. The molecule has 0 radical (unpaired) electrons. The van der Waals surface area contributed by atoms with Crippen molar-refractivity contribution in [2.75, 3.05) is 13.6 Å². The van der Waals surface area contributed by atoms with Gasteiger partial charge in [-0.25, -0.2) is 0 Å². The van der Waals surface area contributed by atoms with Crippen molar-refractivity contribution in [3.63, 3.8) is 0 Å². The van der Waals surface area contributed by atoms with Crippen molar-refractivity contribution < 1.29 is 0 Å². The molecule has 1 aliphatic rings. The molecule has 1 aliphatic heterocycles. The van der Waals surface area contributed by atoms with Gasteiger partial charge < -0.3 is 4.90 Å². The Morgan fingerprint density at radius 3 is 2.60 bits per heavy atom. The standard InChI is InChI=1S/C9H15N/c1-7-5-6-10(4)9(3)8(7)2/h8H,1,3,5-6H2,2,4H3. The van der Waals surface area contributed by atoms with Crippen LogP contribution in [0.5, 0.6) is 0 Å². The molecule has 0 N–H and O–H groups in total. The lowest BCUT2D eigenvalue weighted by Crippen LogP contribution is -2.29. The van der Waals surface area contributed by atoms with E-state index in [4.69, 9.17) is 0 Å². The van der Waals surface area contributed by atoms with Gasteiger partial charge in [-0.1, -0.05) is 25.7 Å². The zero-order valence-corrected chi connectivity index (χ0v) is 6.85. The lowest BCUT2D eigenvalue weighted by atomic mass is 9.92. The van der Waals surface area contributed by atoms with Gasteiger partial charge >= 0.3 is 0 Å². The lowest BCUT2D eigenvalue weighted by molar-refractivity contribution is 0.346. The third-order valence-electron chi connectivity index (χ3n) is 2.37. The predicted molar refractivity (Wildman–Crippen MR) is 44.7 cm³/mol. The summed E-state index contributed by atoms with van der Waals surface area (Å²) >= 11 is 0. The van der Waals surface area contributed by atoms with Crippen LogP contribution in [-0.2, 0) is 0 Å². The van der Waals surface area contributed by atoms with Crippen LogP contribution in [0.3, 0.4) is 0 Å². The fourth-order valence-electron chi connectivity index (χ4n) is 1.24. The third kappa shape index (κ3) is 1.08. The molecule has 1 unspecified atom stereocenters. The molecule has 10 heavy (non-hydrogen) atoms. The number of nitrogens with zero attached hydrogens (tertiary/aromatic N) is 1. The van der Waals surface area contributed by atoms with Crippen LogP contribution in [0, 0.1) is 5.92 Å². The van der Waals surface area contributed by atoms with E-state index in [2.05, 4.69) is 32.0 Å². The van der Waals surface area contributed by atoms with Gasteiger partial charge in [0.25, 0.3) is 0 Å². The first-order valence-corrected chi connectivity index (χ1v) is 3.70. The largest absolute Gasteiger partial charge is 0.378 e. The second-order valence-corrected chi connectivity index (χ2v) is 3.04. The lowest BCUT2D eigenvalue weighted by Gasteiger charge is -2.33. The monoisotopic (exact) mass is 137 g/mol. The Kier molecular flexibility index (Phi) is 1.84. The first-order chi connectivity index (χ1) is 4.63. The topological polar surface area (TPSA) is 3.24 Å². The molecule has 0 aromatic rings. The molecule has 0 aromatic carbocycles. The summed E-state index contributed by atoms with van der Waals surface area (Å²) in [6, 6.07) is 0. The zero-order chi connectivity index (χ0) is 7.72. The van der Waals surface area contributed by atoms with Gasteiger partial charge in [-0.3, -0.25) is 0 Å². The molecular weight excluding hydrogens is 122 g/mol. The summed E-state index contributed by atoms with van der Waals surface area (Å²) in [5, 5.41) is 0. The van der Waals surface area contributed by atoms with Crippen LogP contribution in [0.1, 0.15) is 13.3 Å². The van der Waals surface area contributed by atoms with E-state index >= 15 is 0 Å². The minimum absolute atomic E-state index is 0.485. The Hall–Kier alpha value is -0.720. The highest BCUT2D eigenvalue weighted by Gasteiger charge is 2.19. The van der Waals surface area contributed by atoms with Crippen LogP contribution in [0.25, 0.3) is 0 Å². The van der Waals surface area contributed by atoms with Crippen LogP contribution >= 0.6 is 0 Å². The Balaban J connectivity index is 2.70. The van der Waals surface area contributed by atoms with E-state index in [1.807, 2.05) is 0 Å². The van der Waals surface area contributed by atoms with Gasteiger partial charge in [0.05, 0.1) is 0 Å². The average Bonchev–Trinajstić information content (AvgIpc) is 1.93. The van der Waals surface area contributed by atoms with Gasteiger partial charge in [-0.2, -0.15) is 0 Å². The molecule has 0 spiro atoms. The first kappa shape index (κ1) is 7.39. The SMILES string of the molecule is C=C1CCN(C)C(=C)C1C. The van der Waals surface area contributed by atoms with E-state index in [1.54, 1.807) is 0 Å². The molecule has 56 valence electrons. The predicted octanol–water partition coefficient (Wildman–Crippen LogP) is 2.03. The Morgan fingerprint density at radius 1 is 1.50 bits per heavy atom. The molecule has 1 heteroatoms. The molecule has 1 atom stereocenters. The molecular formula is C9H15N. The Labute approximate surface area is 63.0 Å². The fraction of sp³-hybridized carbons (Fsp3) is 0.556. The van der Waals surface area contributed by atoms with E-state index in [0.717, 1.165) is 13.0 Å². The second-order valence-electron chi connectivity index (χ2n) is 3.04. The number of hydrogen-bond acceptors (Lipinski definition) is 1. The zero-order valence-electron chi connectivity index (χ0n) is 6.85. The van der Waals surface area contributed by atoms with Crippen LogP contribution in [0.4, 0.5) is 0 Å². The van der Waals surface area contributed by atoms with Crippen LogP contribution in [0.15, 0.2) is 24.4 Å². The second kappa shape index (κ2) is 2.49. The average molecular weight is 137 g/mol. The molecule has 1 saturated heterocycles. The quantitative estimate of drug-likeness (QED) is 0.462. The van der Waals surface area contributed by atoms with Gasteiger partial charge in [0.15, 0.2) is 0 Å². The highest BCUT2D eigenvalue weighted by atomic mass is 15.1. The number of hydrogen-bond donors (Lipinski definition) is 0. The normalized spacial score (nSPS) is 27.4. The van der Waals surface area contributed by atoms with Crippen molar-refractivity contribution >= 4 is 0 Å². The summed E-state index contributed by atoms with van der Waals surface area (Å²) in [4.78, 5) is 2.21. The third-order valence-corrected chi connectivity index (χ3v) is 2.37. The molecule has 1 rings (SSSR count). The highest BCUT2D eigenvalue weighted by Crippen LogP contribution is 2.27. The highest BCUT2D eigenvalue weighted by molar-refractivity contribution is 5.18. The fourth-order valence-corrected chi connectivity index (χ4v) is 1.24. The van der Waals surface area contributed by atoms with E-state index in [0.29, 0.717) is 5.92 Å². The van der Waals surface area contributed by atoms with Crippen LogP contribution < -0.4 is 0 Å². The van der Waals surface area contributed by atoms with Crippen molar-refractivity contribution in [1.82, 2.24) is 4.90 Å². The van der Waals surface area contributed by atoms with E-state index < -0.39 is 0 Å². The van der Waals surface area contributed by atoms with Crippen molar-refractivity contribution in [2.24, 2.45) is 5.92 Å². The minimum Gasteiger partial charge on any atom is -0.378 e. The maximum absolute atomic E-state index is 3.99. The molecule has 1 nitrogen and oxygen atoms in total. The van der Waals surface area contributed by atoms with Gasteiger partial charge in [-0.05, 0) is 6.42 Å². The van der Waals surface area contributed by atoms with Crippen molar-refractivity contribution in [3.05, 3.63) is 24.4 Å². The smallest absolute Gasteiger partial charge is 0.0209 e. The number of piperidine rings is 1. The molecule has 0 aliphatic carbocycles. The van der Waals surface area contributed by atoms with Gasteiger partial charge in [-0.15, -0.1) is 0 Å². The van der Waals surface area contributed by atoms with Crippen LogP contribution in [0.2, 0.25) is 0 Å². The molecule has 0 saturated carbocycles. The van der Waals surface area contributed by atoms with Gasteiger partial charge in [0.2, 0.25) is 0 Å². The summed E-state index contributed by atoms with van der Waals surface area (Å²) < 4.78 is 0. The van der Waals surface area contributed by atoms with Crippen molar-refractivity contribution in [2.45, 2.75) is 13.3 Å². The summed E-state index contributed by atoms with van der Waals surface area (Å²) in [7, 11) is 2.09. The molecule has 0 amide bonds. The van der Waals surface area contributed by atoms with Gasteiger partial charge in [0, 0.05) is 25.2 Å². The van der Waals surface area contributed by atoms with E-state index in [9.17, 15) is 0 Å². The number of rotatable bonds is 0. The summed E-state index contributed by atoms with van der Waals surface area (Å²) in [5.74, 6) is 0.485. The van der Waals surface area contributed by atoms with Crippen LogP contribution in [-0.4, -0.2) is 18.5 Å². The maximum atomic E-state index is 3.99. The Morgan fingerprint density at radius 2 is 2.10 bits per heavy atom.